The molecule has 1 amide bonds. The van der Waals surface area contributed by atoms with Gasteiger partial charge in [0.25, 0.3) is 0 Å². The highest BCUT2D eigenvalue weighted by atomic mass is 35.5. The molecule has 0 bridgehead atoms. The quantitative estimate of drug-likeness (QED) is 0.572. The zero-order valence-electron chi connectivity index (χ0n) is 16.3. The number of hydrogen-bond acceptors (Lipinski definition) is 6. The highest BCUT2D eigenvalue weighted by Gasteiger charge is 2.38. The predicted octanol–water partition coefficient (Wildman–Crippen LogP) is 5.06. The van der Waals surface area contributed by atoms with Crippen LogP contribution in [0.25, 0.3) is 10.6 Å². The van der Waals surface area contributed by atoms with Gasteiger partial charge in [0.05, 0.1) is 17.1 Å². The Kier molecular flexibility index (Phi) is 5.96. The molecule has 1 saturated carbocycles. The molecule has 3 aromatic rings. The maximum Gasteiger partial charge on any atom is 0.226 e. The number of benzene rings is 1. The first-order valence-corrected chi connectivity index (χ1v) is 11.1. The first-order valence-electron chi connectivity index (χ1n) is 9.87. The molecule has 0 radical (unpaired) electrons. The fourth-order valence-electron chi connectivity index (χ4n) is 3.85. The zero-order chi connectivity index (χ0) is 20.3. The number of rotatable bonds is 5. The third-order valence-electron chi connectivity index (χ3n) is 5.29. The summed E-state index contributed by atoms with van der Waals surface area (Å²) in [6.07, 6.45) is 6.21. The molecule has 1 N–H and O–H groups in total. The summed E-state index contributed by atoms with van der Waals surface area (Å²) in [7, 11) is 0. The van der Waals surface area contributed by atoms with Crippen molar-refractivity contribution in [2.75, 3.05) is 0 Å². The van der Waals surface area contributed by atoms with E-state index in [0.717, 1.165) is 54.8 Å². The van der Waals surface area contributed by atoms with Gasteiger partial charge in [0.2, 0.25) is 11.8 Å². The fraction of sp³-hybridized carbons (Fsp3) is 0.429. The van der Waals surface area contributed by atoms with Gasteiger partial charge in [0.1, 0.15) is 10.5 Å². The summed E-state index contributed by atoms with van der Waals surface area (Å²) in [4.78, 5) is 22.0. The van der Waals surface area contributed by atoms with Crippen molar-refractivity contribution in [3.8, 4) is 10.6 Å². The van der Waals surface area contributed by atoms with Gasteiger partial charge in [-0.25, -0.2) is 4.98 Å². The van der Waals surface area contributed by atoms with Gasteiger partial charge >= 0.3 is 0 Å². The Morgan fingerprint density at radius 3 is 2.66 bits per heavy atom. The molecule has 2 aromatic heterocycles. The molecule has 6 nitrogen and oxygen atoms in total. The van der Waals surface area contributed by atoms with Gasteiger partial charge in [-0.05, 0) is 18.9 Å². The van der Waals surface area contributed by atoms with Crippen LogP contribution in [0.4, 0.5) is 0 Å². The van der Waals surface area contributed by atoms with Gasteiger partial charge in [-0.2, -0.15) is 4.98 Å². The Morgan fingerprint density at radius 1 is 1.21 bits per heavy atom. The molecule has 1 aliphatic carbocycles. The van der Waals surface area contributed by atoms with Crippen LogP contribution >= 0.6 is 22.9 Å². The molecule has 0 saturated heterocycles. The lowest BCUT2D eigenvalue weighted by Gasteiger charge is -2.30. The van der Waals surface area contributed by atoms with Crippen LogP contribution in [-0.4, -0.2) is 21.0 Å². The number of nitrogens with zero attached hydrogens (tertiary/aromatic N) is 3. The number of aryl methyl sites for hydroxylation is 1. The maximum absolute atomic E-state index is 12.9. The van der Waals surface area contributed by atoms with E-state index in [4.69, 9.17) is 16.1 Å². The molecule has 0 aliphatic heterocycles. The minimum atomic E-state index is -0.563. The fourth-order valence-corrected chi connectivity index (χ4v) is 4.99. The standard InChI is InChI=1S/C21H23ClN4O2S/c1-14-23-20(26-28-14)21(10-6-2-3-7-11-21)25-18(27)12-15-13-29-19(24-15)16-8-4-5-9-17(16)22/h4-5,8-9,13H,2-3,6-7,10-12H2,1H3,(H,25,27). The third kappa shape index (κ3) is 4.51. The maximum atomic E-state index is 12.9. The minimum absolute atomic E-state index is 0.0784. The highest BCUT2D eigenvalue weighted by Crippen LogP contribution is 2.35. The summed E-state index contributed by atoms with van der Waals surface area (Å²) < 4.78 is 5.21. The Bertz CT molecular complexity index is 992. The number of aromatic nitrogens is 3. The van der Waals surface area contributed by atoms with E-state index < -0.39 is 5.54 Å². The number of hydrogen-bond donors (Lipinski definition) is 1. The van der Waals surface area contributed by atoms with Crippen LogP contribution in [0.3, 0.4) is 0 Å². The van der Waals surface area contributed by atoms with Gasteiger partial charge in [0.15, 0.2) is 5.82 Å². The topological polar surface area (TPSA) is 80.9 Å². The average molecular weight is 431 g/mol. The Balaban J connectivity index is 1.51. The van der Waals surface area contributed by atoms with E-state index in [1.54, 1.807) is 6.92 Å². The molecule has 1 fully saturated rings. The summed E-state index contributed by atoms with van der Waals surface area (Å²) in [5.41, 5.74) is 1.05. The second-order valence-corrected chi connectivity index (χ2v) is 8.75. The molecule has 0 atom stereocenters. The van der Waals surface area contributed by atoms with Gasteiger partial charge in [-0.1, -0.05) is 60.6 Å². The summed E-state index contributed by atoms with van der Waals surface area (Å²) in [6.45, 7) is 1.77. The van der Waals surface area contributed by atoms with Crippen LogP contribution in [0.2, 0.25) is 5.02 Å². The monoisotopic (exact) mass is 430 g/mol. The first kappa shape index (κ1) is 20.0. The SMILES string of the molecule is Cc1nc(C2(NC(=O)Cc3csc(-c4ccccc4Cl)n3)CCCCCC2)no1. The molecular weight excluding hydrogens is 408 g/mol. The highest BCUT2D eigenvalue weighted by molar-refractivity contribution is 7.13. The molecule has 0 spiro atoms. The van der Waals surface area contributed by atoms with Crippen LogP contribution in [0.5, 0.6) is 0 Å². The van der Waals surface area contributed by atoms with E-state index in [9.17, 15) is 4.79 Å². The van der Waals surface area contributed by atoms with Gasteiger partial charge < -0.3 is 9.84 Å². The summed E-state index contributed by atoms with van der Waals surface area (Å²) in [6, 6.07) is 7.59. The van der Waals surface area contributed by atoms with E-state index >= 15 is 0 Å². The normalized spacial score (nSPS) is 16.3. The molecule has 152 valence electrons. The average Bonchev–Trinajstić information content (AvgIpc) is 3.27. The van der Waals surface area contributed by atoms with Crippen LogP contribution < -0.4 is 5.32 Å². The van der Waals surface area contributed by atoms with Gasteiger partial charge in [-0.15, -0.1) is 11.3 Å². The lowest BCUT2D eigenvalue weighted by molar-refractivity contribution is -0.122. The van der Waals surface area contributed by atoms with Crippen LogP contribution in [-0.2, 0) is 16.8 Å². The van der Waals surface area contributed by atoms with Crippen molar-refractivity contribution < 1.29 is 9.32 Å². The minimum Gasteiger partial charge on any atom is -0.343 e. The largest absolute Gasteiger partial charge is 0.343 e. The lowest BCUT2D eigenvalue weighted by atomic mass is 9.89. The lowest BCUT2D eigenvalue weighted by Crippen LogP contribution is -2.47. The molecule has 0 unspecified atom stereocenters. The number of halogens is 1. The van der Waals surface area contributed by atoms with E-state index in [1.807, 2.05) is 29.6 Å². The molecule has 1 aliphatic rings. The molecule has 4 rings (SSSR count). The molecule has 1 aromatic carbocycles. The molecule has 29 heavy (non-hydrogen) atoms. The third-order valence-corrected chi connectivity index (χ3v) is 6.54. The van der Waals surface area contributed by atoms with Crippen molar-refractivity contribution in [2.45, 2.75) is 57.4 Å². The van der Waals surface area contributed by atoms with E-state index in [-0.39, 0.29) is 12.3 Å². The van der Waals surface area contributed by atoms with Gasteiger partial charge in [-0.3, -0.25) is 4.79 Å². The van der Waals surface area contributed by atoms with Crippen LogP contribution in [0.15, 0.2) is 34.2 Å². The van der Waals surface area contributed by atoms with Gasteiger partial charge in [0, 0.05) is 17.9 Å². The van der Waals surface area contributed by atoms with Crippen LogP contribution in [0.1, 0.15) is 55.9 Å². The molecular formula is C21H23ClN4O2S. The number of carbonyl (C=O) groups excluding carboxylic acids is 1. The van der Waals surface area contributed by atoms with Crippen LogP contribution in [0, 0.1) is 6.92 Å². The van der Waals surface area contributed by atoms with E-state index in [1.165, 1.54) is 11.3 Å². The van der Waals surface area contributed by atoms with Crippen molar-refractivity contribution >= 4 is 28.8 Å². The zero-order valence-corrected chi connectivity index (χ0v) is 17.9. The first-order chi connectivity index (χ1) is 14.1. The van der Waals surface area contributed by atoms with E-state index in [0.29, 0.717) is 16.7 Å². The van der Waals surface area contributed by atoms with Crippen molar-refractivity contribution in [3.63, 3.8) is 0 Å². The summed E-state index contributed by atoms with van der Waals surface area (Å²) in [5.74, 6) is 1.02. The molecule has 8 heteroatoms. The Morgan fingerprint density at radius 2 is 1.97 bits per heavy atom. The number of nitrogens with one attached hydrogen (secondary N) is 1. The summed E-state index contributed by atoms with van der Waals surface area (Å²) in [5, 5.41) is 10.7. The van der Waals surface area contributed by atoms with Crippen molar-refractivity contribution in [3.05, 3.63) is 52.1 Å². The Labute approximate surface area is 178 Å². The Hall–Kier alpha value is -2.25. The summed E-state index contributed by atoms with van der Waals surface area (Å²) >= 11 is 7.76. The van der Waals surface area contributed by atoms with Crippen molar-refractivity contribution in [1.29, 1.82) is 0 Å². The predicted molar refractivity (Wildman–Crippen MR) is 113 cm³/mol. The number of amides is 1. The second-order valence-electron chi connectivity index (χ2n) is 7.48. The number of carbonyl (C=O) groups is 1. The van der Waals surface area contributed by atoms with E-state index in [2.05, 4.69) is 20.4 Å². The van der Waals surface area contributed by atoms with Crippen molar-refractivity contribution in [1.82, 2.24) is 20.4 Å². The molecule has 2 heterocycles. The van der Waals surface area contributed by atoms with Crippen molar-refractivity contribution in [2.24, 2.45) is 0 Å². The smallest absolute Gasteiger partial charge is 0.226 e. The number of thiazole rings is 1. The second kappa shape index (κ2) is 8.63.